The molecule has 1 atom stereocenters. The summed E-state index contributed by atoms with van der Waals surface area (Å²) in [5, 5.41) is 13.2. The minimum absolute atomic E-state index is 0.197. The van der Waals surface area contributed by atoms with Gasteiger partial charge >= 0.3 is 5.97 Å². The normalized spacial score (nSPS) is 25.2. The zero-order valence-electron chi connectivity index (χ0n) is 13.9. The van der Waals surface area contributed by atoms with Crippen LogP contribution in [0.1, 0.15) is 29.0 Å². The first kappa shape index (κ1) is 16.6. The lowest BCUT2D eigenvalue weighted by molar-refractivity contribution is 0.0697. The minimum Gasteiger partial charge on any atom is -0.478 e. The minimum atomic E-state index is -0.978. The molecule has 0 saturated carbocycles. The maximum absolute atomic E-state index is 11.2. The molecular formula is C19H21ClN2O3. The number of hydrogen-bond donors (Lipinski definition) is 2. The average Bonchev–Trinajstić information content (AvgIpc) is 3.10. The van der Waals surface area contributed by atoms with Gasteiger partial charge in [-0.1, -0.05) is 11.6 Å². The van der Waals surface area contributed by atoms with Crippen molar-refractivity contribution in [1.29, 1.82) is 0 Å². The van der Waals surface area contributed by atoms with Gasteiger partial charge in [-0.25, -0.2) is 4.79 Å². The van der Waals surface area contributed by atoms with Crippen LogP contribution in [0.5, 0.6) is 0 Å². The molecule has 0 radical (unpaired) electrons. The number of nitrogens with zero attached hydrogens (tertiary/aromatic N) is 1. The Morgan fingerprint density at radius 1 is 1.28 bits per heavy atom. The molecule has 1 aromatic heterocycles. The van der Waals surface area contributed by atoms with Gasteiger partial charge in [0.2, 0.25) is 0 Å². The molecule has 0 aliphatic carbocycles. The monoisotopic (exact) mass is 360 g/mol. The molecule has 0 spiro atoms. The van der Waals surface area contributed by atoms with Gasteiger partial charge in [0.1, 0.15) is 11.5 Å². The lowest BCUT2D eigenvalue weighted by Gasteiger charge is -2.45. The number of aromatic carboxylic acids is 1. The number of carbonyl (C=O) groups is 1. The van der Waals surface area contributed by atoms with Crippen molar-refractivity contribution in [3.05, 3.63) is 46.7 Å². The highest BCUT2D eigenvalue weighted by Crippen LogP contribution is 2.31. The summed E-state index contributed by atoms with van der Waals surface area (Å²) in [6.45, 7) is 4.24. The number of rotatable bonds is 5. The topological polar surface area (TPSA) is 65.7 Å². The third kappa shape index (κ3) is 3.45. The average molecular weight is 361 g/mol. The molecule has 2 aromatic rings. The quantitative estimate of drug-likeness (QED) is 0.854. The third-order valence-electron chi connectivity index (χ3n) is 5.34. The molecular weight excluding hydrogens is 340 g/mol. The highest BCUT2D eigenvalue weighted by molar-refractivity contribution is 6.33. The second kappa shape index (κ2) is 6.83. The van der Waals surface area contributed by atoms with Crippen LogP contribution in [0.4, 0.5) is 0 Å². The maximum Gasteiger partial charge on any atom is 0.335 e. The zero-order valence-corrected chi connectivity index (χ0v) is 14.6. The smallest absolute Gasteiger partial charge is 0.335 e. The Bertz CT molecular complexity index is 781. The van der Waals surface area contributed by atoms with Gasteiger partial charge in [0.15, 0.2) is 0 Å². The van der Waals surface area contributed by atoms with E-state index in [0.717, 1.165) is 18.2 Å². The summed E-state index contributed by atoms with van der Waals surface area (Å²) in [5.74, 6) is 1.22. The Hall–Kier alpha value is -1.82. The third-order valence-corrected chi connectivity index (χ3v) is 5.66. The van der Waals surface area contributed by atoms with E-state index in [9.17, 15) is 4.79 Å². The molecule has 3 aliphatic heterocycles. The van der Waals surface area contributed by atoms with Crippen LogP contribution in [0.15, 0.2) is 34.7 Å². The fourth-order valence-electron chi connectivity index (χ4n) is 3.89. The Morgan fingerprint density at radius 3 is 2.76 bits per heavy atom. The van der Waals surface area contributed by atoms with Crippen LogP contribution < -0.4 is 5.32 Å². The van der Waals surface area contributed by atoms with E-state index < -0.39 is 5.97 Å². The largest absolute Gasteiger partial charge is 0.478 e. The number of furan rings is 1. The van der Waals surface area contributed by atoms with E-state index >= 15 is 0 Å². The summed E-state index contributed by atoms with van der Waals surface area (Å²) < 4.78 is 5.90. The van der Waals surface area contributed by atoms with E-state index in [1.807, 2.05) is 12.1 Å². The van der Waals surface area contributed by atoms with Crippen molar-refractivity contribution in [1.82, 2.24) is 10.2 Å². The lowest BCUT2D eigenvalue weighted by atomic mass is 9.84. The van der Waals surface area contributed by atoms with Crippen LogP contribution in [0.3, 0.4) is 0 Å². The second-order valence-electron chi connectivity index (χ2n) is 6.89. The second-order valence-corrected chi connectivity index (χ2v) is 7.30. The fourth-order valence-corrected chi connectivity index (χ4v) is 4.10. The number of hydrogen-bond acceptors (Lipinski definition) is 4. The van der Waals surface area contributed by atoms with Crippen LogP contribution in [0, 0.1) is 5.92 Å². The number of halogens is 1. The van der Waals surface area contributed by atoms with Crippen molar-refractivity contribution in [2.24, 2.45) is 5.92 Å². The molecule has 1 aromatic carbocycles. The summed E-state index contributed by atoms with van der Waals surface area (Å²) >= 11 is 6.21. The Balaban J connectivity index is 1.45. The standard InChI is InChI=1S/C19H21ClN2O3/c20-16-3-1-13(19(23)24)9-15(16)18-4-2-14(25-18)10-21-17-11-22-7-5-12(17)6-8-22/h1-4,9,12,17,21H,5-8,10-11H2,(H,23,24). The number of carboxylic acid groups (broad SMARTS) is 1. The maximum atomic E-state index is 11.2. The van der Waals surface area contributed by atoms with Gasteiger partial charge < -0.3 is 19.7 Å². The number of nitrogens with one attached hydrogen (secondary N) is 1. The van der Waals surface area contributed by atoms with E-state index in [1.165, 1.54) is 32.0 Å². The number of carboxylic acids is 1. The van der Waals surface area contributed by atoms with Crippen molar-refractivity contribution < 1.29 is 14.3 Å². The van der Waals surface area contributed by atoms with Gasteiger partial charge in [0.05, 0.1) is 17.1 Å². The molecule has 3 aliphatic rings. The summed E-state index contributed by atoms with van der Waals surface area (Å²) in [6, 6.07) is 8.93. The van der Waals surface area contributed by atoms with Crippen molar-refractivity contribution >= 4 is 17.6 Å². The number of piperidine rings is 3. The van der Waals surface area contributed by atoms with E-state index in [4.69, 9.17) is 21.1 Å². The molecule has 132 valence electrons. The van der Waals surface area contributed by atoms with Crippen LogP contribution in [0.25, 0.3) is 11.3 Å². The van der Waals surface area contributed by atoms with Crippen molar-refractivity contribution in [2.45, 2.75) is 25.4 Å². The van der Waals surface area contributed by atoms with Gasteiger partial charge in [-0.15, -0.1) is 0 Å². The highest BCUT2D eigenvalue weighted by Gasteiger charge is 2.33. The molecule has 0 amide bonds. The van der Waals surface area contributed by atoms with Crippen molar-refractivity contribution in [3.8, 4) is 11.3 Å². The predicted octanol–water partition coefficient (Wildman–Crippen LogP) is 3.48. The highest BCUT2D eigenvalue weighted by atomic mass is 35.5. The van der Waals surface area contributed by atoms with E-state index in [2.05, 4.69) is 10.2 Å². The lowest BCUT2D eigenvalue weighted by Crippen LogP contribution is -2.55. The Morgan fingerprint density at radius 2 is 2.08 bits per heavy atom. The summed E-state index contributed by atoms with van der Waals surface area (Å²) in [6.07, 6.45) is 2.55. The van der Waals surface area contributed by atoms with Crippen molar-refractivity contribution in [2.75, 3.05) is 19.6 Å². The summed E-state index contributed by atoms with van der Waals surface area (Å²) in [7, 11) is 0. The Labute approximate surface area is 151 Å². The first-order chi connectivity index (χ1) is 12.1. The Kier molecular flexibility index (Phi) is 4.54. The number of benzene rings is 1. The number of fused-ring (bicyclic) bond motifs is 3. The van der Waals surface area contributed by atoms with Gasteiger partial charge in [0, 0.05) is 18.2 Å². The van der Waals surface area contributed by atoms with Crippen LogP contribution in [-0.4, -0.2) is 41.7 Å². The molecule has 5 rings (SSSR count). The molecule has 4 heterocycles. The predicted molar refractivity (Wildman–Crippen MR) is 95.9 cm³/mol. The summed E-state index contributed by atoms with van der Waals surface area (Å²) in [4.78, 5) is 13.7. The van der Waals surface area contributed by atoms with E-state index in [0.29, 0.717) is 28.9 Å². The van der Waals surface area contributed by atoms with Crippen LogP contribution in [0.2, 0.25) is 5.02 Å². The van der Waals surface area contributed by atoms with Gasteiger partial charge in [-0.05, 0) is 62.2 Å². The van der Waals surface area contributed by atoms with Crippen molar-refractivity contribution in [3.63, 3.8) is 0 Å². The SMILES string of the molecule is O=C(O)c1ccc(Cl)c(-c2ccc(CNC3CN4CCC3CC4)o2)c1. The molecule has 3 saturated heterocycles. The molecule has 1 unspecified atom stereocenters. The fraction of sp³-hybridized carbons (Fsp3) is 0.421. The first-order valence-corrected chi connectivity index (χ1v) is 9.05. The molecule has 2 bridgehead atoms. The zero-order chi connectivity index (χ0) is 17.4. The molecule has 5 nitrogen and oxygen atoms in total. The molecule has 25 heavy (non-hydrogen) atoms. The van der Waals surface area contributed by atoms with Gasteiger partial charge in [-0.3, -0.25) is 0 Å². The first-order valence-electron chi connectivity index (χ1n) is 8.68. The summed E-state index contributed by atoms with van der Waals surface area (Å²) in [5.41, 5.74) is 0.804. The van der Waals surface area contributed by atoms with Crippen LogP contribution in [-0.2, 0) is 6.54 Å². The van der Waals surface area contributed by atoms with Gasteiger partial charge in [0.25, 0.3) is 0 Å². The molecule has 3 fully saturated rings. The van der Waals surface area contributed by atoms with Gasteiger partial charge in [-0.2, -0.15) is 0 Å². The van der Waals surface area contributed by atoms with E-state index in [1.54, 1.807) is 12.1 Å². The molecule has 6 heteroatoms. The van der Waals surface area contributed by atoms with Crippen LogP contribution >= 0.6 is 11.6 Å². The molecule has 2 N–H and O–H groups in total. The van der Waals surface area contributed by atoms with E-state index in [-0.39, 0.29) is 5.56 Å².